The summed E-state index contributed by atoms with van der Waals surface area (Å²) in [7, 11) is 0. The number of halogens is 2. The van der Waals surface area contributed by atoms with E-state index >= 15 is 0 Å². The fourth-order valence-electron chi connectivity index (χ4n) is 1.96. The topological polar surface area (TPSA) is 29.5 Å². The number of nitrogens with zero attached hydrogens (tertiary/aromatic N) is 1. The number of carbonyl (C=O) groups is 1. The third-order valence-corrected chi connectivity index (χ3v) is 4.05. The molecule has 1 aromatic carbocycles. The summed E-state index contributed by atoms with van der Waals surface area (Å²) >= 11 is 3.25. The summed E-state index contributed by atoms with van der Waals surface area (Å²) in [6, 6.07) is 9.07. The minimum absolute atomic E-state index is 0.307. The highest BCUT2D eigenvalue weighted by atomic mass is 79.9. The third-order valence-electron chi connectivity index (χ3n) is 3.00. The molecule has 0 aliphatic heterocycles. The Labute approximate surface area is 127 Å². The van der Waals surface area contributed by atoms with Gasteiger partial charge in [0.15, 0.2) is 0 Å². The van der Waals surface area contributed by atoms with Crippen LogP contribution >= 0.6 is 15.9 Å². The Hall–Kier alpha value is -1.10. The van der Waals surface area contributed by atoms with Gasteiger partial charge in [-0.25, -0.2) is 9.18 Å². The lowest BCUT2D eigenvalue weighted by Crippen LogP contribution is -2.39. The SMILES string of the molecule is CC(C)(C)OC(=O)N(Cc1ccccc1)C1C(F)C1Br. The van der Waals surface area contributed by atoms with E-state index < -0.39 is 23.9 Å². The van der Waals surface area contributed by atoms with Crippen LogP contribution in [-0.2, 0) is 11.3 Å². The highest BCUT2D eigenvalue weighted by Gasteiger charge is 2.55. The molecule has 1 fully saturated rings. The molecule has 0 N–H and O–H groups in total. The standard InChI is InChI=1S/C15H19BrFNO2/c1-15(2,3)20-14(19)18(13-11(16)12(13)17)9-10-7-5-4-6-8-10/h4-8,11-13H,9H2,1-3H3. The first-order chi connectivity index (χ1) is 9.29. The van der Waals surface area contributed by atoms with Crippen molar-refractivity contribution in [3.05, 3.63) is 35.9 Å². The van der Waals surface area contributed by atoms with E-state index in [1.807, 2.05) is 30.3 Å². The van der Waals surface area contributed by atoms with Gasteiger partial charge in [-0.15, -0.1) is 0 Å². The van der Waals surface area contributed by atoms with Crippen LogP contribution in [-0.4, -0.2) is 33.6 Å². The number of amides is 1. The molecule has 1 saturated carbocycles. The third kappa shape index (κ3) is 3.72. The summed E-state index contributed by atoms with van der Waals surface area (Å²) < 4.78 is 19.0. The van der Waals surface area contributed by atoms with Crippen LogP contribution < -0.4 is 0 Å². The van der Waals surface area contributed by atoms with Crippen molar-refractivity contribution in [2.24, 2.45) is 0 Å². The second kappa shape index (κ2) is 5.72. The Bertz CT molecular complexity index is 467. The molecule has 1 amide bonds. The molecule has 0 bridgehead atoms. The minimum atomic E-state index is -1.04. The molecule has 0 saturated heterocycles. The molecular formula is C15H19BrFNO2. The summed E-state index contributed by atoms with van der Waals surface area (Å²) in [6.07, 6.45) is -1.51. The largest absolute Gasteiger partial charge is 0.444 e. The van der Waals surface area contributed by atoms with Gasteiger partial charge in [0, 0.05) is 6.54 Å². The number of ether oxygens (including phenoxy) is 1. The Morgan fingerprint density at radius 3 is 2.35 bits per heavy atom. The molecule has 0 heterocycles. The van der Waals surface area contributed by atoms with Crippen molar-refractivity contribution in [3.63, 3.8) is 0 Å². The average molecular weight is 344 g/mol. The quantitative estimate of drug-likeness (QED) is 0.778. The number of rotatable bonds is 3. The maximum atomic E-state index is 13.6. The summed E-state index contributed by atoms with van der Waals surface area (Å²) in [6.45, 7) is 5.76. The highest BCUT2D eigenvalue weighted by Crippen LogP contribution is 2.40. The van der Waals surface area contributed by atoms with Crippen molar-refractivity contribution in [2.75, 3.05) is 0 Å². The number of hydrogen-bond acceptors (Lipinski definition) is 2. The van der Waals surface area contributed by atoms with Crippen molar-refractivity contribution >= 4 is 22.0 Å². The van der Waals surface area contributed by atoms with E-state index in [4.69, 9.17) is 4.74 Å². The second-order valence-corrected chi connectivity index (χ2v) is 7.03. The number of benzene rings is 1. The summed E-state index contributed by atoms with van der Waals surface area (Å²) in [5.41, 5.74) is 0.367. The van der Waals surface area contributed by atoms with Gasteiger partial charge in [-0.3, -0.25) is 4.90 Å². The molecule has 1 aliphatic rings. The predicted molar refractivity (Wildman–Crippen MR) is 79.6 cm³/mol. The Kier molecular flexibility index (Phi) is 4.37. The molecule has 110 valence electrons. The molecule has 2 rings (SSSR count). The molecule has 20 heavy (non-hydrogen) atoms. The van der Waals surface area contributed by atoms with E-state index in [0.717, 1.165) is 5.56 Å². The van der Waals surface area contributed by atoms with Crippen LogP contribution in [0.3, 0.4) is 0 Å². The molecule has 1 aliphatic carbocycles. The van der Waals surface area contributed by atoms with E-state index in [1.165, 1.54) is 4.90 Å². The molecular weight excluding hydrogens is 325 g/mol. The van der Waals surface area contributed by atoms with Gasteiger partial charge < -0.3 is 4.74 Å². The lowest BCUT2D eigenvalue weighted by molar-refractivity contribution is 0.0202. The lowest BCUT2D eigenvalue weighted by atomic mass is 10.2. The molecule has 1 aromatic rings. The molecule has 0 aromatic heterocycles. The van der Waals surface area contributed by atoms with E-state index in [-0.39, 0.29) is 4.83 Å². The van der Waals surface area contributed by atoms with Gasteiger partial charge in [-0.1, -0.05) is 46.3 Å². The Morgan fingerprint density at radius 2 is 1.90 bits per heavy atom. The number of hydrogen-bond donors (Lipinski definition) is 0. The van der Waals surface area contributed by atoms with Gasteiger partial charge in [0.05, 0.1) is 10.9 Å². The molecule has 0 spiro atoms. The van der Waals surface area contributed by atoms with Crippen LogP contribution in [0.15, 0.2) is 30.3 Å². The first kappa shape index (κ1) is 15.3. The first-order valence-electron chi connectivity index (χ1n) is 6.61. The Balaban J connectivity index is 2.12. The van der Waals surface area contributed by atoms with Gasteiger partial charge in [-0.2, -0.15) is 0 Å². The van der Waals surface area contributed by atoms with Crippen molar-refractivity contribution in [1.29, 1.82) is 0 Å². The predicted octanol–water partition coefficient (Wildman–Crippen LogP) is 3.91. The van der Waals surface area contributed by atoms with E-state index in [9.17, 15) is 9.18 Å². The highest BCUT2D eigenvalue weighted by molar-refractivity contribution is 9.09. The van der Waals surface area contributed by atoms with Crippen molar-refractivity contribution in [3.8, 4) is 0 Å². The maximum Gasteiger partial charge on any atom is 0.410 e. The van der Waals surface area contributed by atoms with E-state index in [0.29, 0.717) is 6.54 Å². The van der Waals surface area contributed by atoms with Crippen LogP contribution in [0.2, 0.25) is 0 Å². The zero-order chi connectivity index (χ0) is 14.9. The zero-order valence-electron chi connectivity index (χ0n) is 11.8. The fourth-order valence-corrected chi connectivity index (χ4v) is 2.68. The number of carbonyl (C=O) groups excluding carboxylic acids is 1. The normalized spacial score (nSPS) is 25.1. The van der Waals surface area contributed by atoms with Gasteiger partial charge in [0.1, 0.15) is 11.8 Å². The molecule has 3 unspecified atom stereocenters. The van der Waals surface area contributed by atoms with Crippen LogP contribution in [0.25, 0.3) is 0 Å². The van der Waals surface area contributed by atoms with Gasteiger partial charge in [0.2, 0.25) is 0 Å². The van der Waals surface area contributed by atoms with Crippen molar-refractivity contribution < 1.29 is 13.9 Å². The monoisotopic (exact) mass is 343 g/mol. The smallest absolute Gasteiger partial charge is 0.410 e. The summed E-state index contributed by atoms with van der Waals surface area (Å²) in [5.74, 6) is 0. The zero-order valence-corrected chi connectivity index (χ0v) is 13.4. The van der Waals surface area contributed by atoms with Crippen LogP contribution in [0.1, 0.15) is 26.3 Å². The molecule has 0 radical (unpaired) electrons. The Morgan fingerprint density at radius 1 is 1.35 bits per heavy atom. The molecule has 3 atom stereocenters. The first-order valence-corrected chi connectivity index (χ1v) is 7.53. The number of alkyl halides is 2. The lowest BCUT2D eigenvalue weighted by Gasteiger charge is -2.27. The maximum absolute atomic E-state index is 13.6. The molecule has 3 nitrogen and oxygen atoms in total. The van der Waals surface area contributed by atoms with Gasteiger partial charge >= 0.3 is 6.09 Å². The minimum Gasteiger partial charge on any atom is -0.444 e. The molecule has 5 heteroatoms. The summed E-state index contributed by atoms with van der Waals surface area (Å²) in [4.78, 5) is 13.4. The van der Waals surface area contributed by atoms with Gasteiger partial charge in [0.25, 0.3) is 0 Å². The van der Waals surface area contributed by atoms with E-state index in [1.54, 1.807) is 20.8 Å². The summed E-state index contributed by atoms with van der Waals surface area (Å²) in [5, 5.41) is 0. The van der Waals surface area contributed by atoms with Crippen molar-refractivity contribution in [2.45, 2.75) is 50.0 Å². The van der Waals surface area contributed by atoms with Gasteiger partial charge in [-0.05, 0) is 26.3 Å². The van der Waals surface area contributed by atoms with Crippen LogP contribution in [0.4, 0.5) is 9.18 Å². The average Bonchev–Trinajstić information content (AvgIpc) is 2.93. The van der Waals surface area contributed by atoms with Crippen LogP contribution in [0.5, 0.6) is 0 Å². The second-order valence-electron chi connectivity index (χ2n) is 5.97. The van der Waals surface area contributed by atoms with E-state index in [2.05, 4.69) is 15.9 Å². The van der Waals surface area contributed by atoms with Crippen molar-refractivity contribution in [1.82, 2.24) is 4.90 Å². The fraction of sp³-hybridized carbons (Fsp3) is 0.533. The van der Waals surface area contributed by atoms with Crippen LogP contribution in [0, 0.1) is 0 Å².